The van der Waals surface area contributed by atoms with Crippen LogP contribution in [0.15, 0.2) is 42.5 Å². The highest BCUT2D eigenvalue weighted by atomic mass is 16.7. The van der Waals surface area contributed by atoms with Gasteiger partial charge < -0.3 is 24.3 Å². The van der Waals surface area contributed by atoms with E-state index in [1.54, 1.807) is 13.1 Å². The van der Waals surface area contributed by atoms with Gasteiger partial charge >= 0.3 is 11.9 Å². The molecule has 1 N–H and O–H groups in total. The van der Waals surface area contributed by atoms with E-state index in [9.17, 15) is 14.4 Å². The average molecular weight is 498 g/mol. The molecule has 1 saturated heterocycles. The molecule has 5 atom stereocenters. The molecule has 8 nitrogen and oxygen atoms in total. The van der Waals surface area contributed by atoms with E-state index < -0.39 is 36.0 Å². The minimum absolute atomic E-state index is 0.157. The maximum Gasteiger partial charge on any atom is 0.303 e. The largest absolute Gasteiger partial charge is 0.460 e. The van der Waals surface area contributed by atoms with Gasteiger partial charge in [0.25, 0.3) is 5.91 Å². The minimum atomic E-state index is -0.986. The molecule has 0 unspecified atom stereocenters. The van der Waals surface area contributed by atoms with Crippen LogP contribution in [0.25, 0.3) is 11.1 Å². The summed E-state index contributed by atoms with van der Waals surface area (Å²) in [6.07, 6.45) is -2.02. The van der Waals surface area contributed by atoms with Crippen molar-refractivity contribution in [1.29, 1.82) is 0 Å². The summed E-state index contributed by atoms with van der Waals surface area (Å²) in [6.45, 7) is 10.4. The van der Waals surface area contributed by atoms with Gasteiger partial charge in [0.05, 0.1) is 5.60 Å². The summed E-state index contributed by atoms with van der Waals surface area (Å²) in [7, 11) is 1.60. The molecule has 0 bridgehead atoms. The van der Waals surface area contributed by atoms with Gasteiger partial charge in [0.1, 0.15) is 5.75 Å². The SMILES string of the molecule is CC[C@@]1(C)O[C@H](Oc2ccc(-c3cccc(C(=O)NC)c3)cc2C)[C@@H](OC(C)=O)[C@@H](OC(C)=O)[C@@H]1C. The van der Waals surface area contributed by atoms with Gasteiger partial charge in [0.2, 0.25) is 12.4 Å². The van der Waals surface area contributed by atoms with Crippen molar-refractivity contribution in [3.63, 3.8) is 0 Å². The van der Waals surface area contributed by atoms with Crippen molar-refractivity contribution >= 4 is 17.8 Å². The van der Waals surface area contributed by atoms with Gasteiger partial charge in [-0.05, 0) is 61.2 Å². The predicted molar refractivity (Wildman–Crippen MR) is 134 cm³/mol. The Morgan fingerprint density at radius 1 is 1.00 bits per heavy atom. The fraction of sp³-hybridized carbons (Fsp3) is 0.464. The van der Waals surface area contributed by atoms with Gasteiger partial charge in [-0.15, -0.1) is 0 Å². The van der Waals surface area contributed by atoms with Crippen molar-refractivity contribution in [1.82, 2.24) is 5.32 Å². The van der Waals surface area contributed by atoms with E-state index in [4.69, 9.17) is 18.9 Å². The Morgan fingerprint density at radius 3 is 2.22 bits per heavy atom. The van der Waals surface area contributed by atoms with E-state index in [2.05, 4.69) is 5.32 Å². The van der Waals surface area contributed by atoms with Crippen molar-refractivity contribution < 1.29 is 33.3 Å². The molecule has 2 aromatic rings. The number of amides is 1. The average Bonchev–Trinajstić information content (AvgIpc) is 2.84. The molecule has 194 valence electrons. The Labute approximate surface area is 212 Å². The first kappa shape index (κ1) is 27.2. The van der Waals surface area contributed by atoms with Crippen LogP contribution in [0.2, 0.25) is 0 Å². The van der Waals surface area contributed by atoms with Crippen LogP contribution in [-0.2, 0) is 23.8 Å². The normalized spacial score (nSPS) is 25.5. The lowest BCUT2D eigenvalue weighted by atomic mass is 9.79. The number of nitrogens with one attached hydrogen (secondary N) is 1. The van der Waals surface area contributed by atoms with Crippen molar-refractivity contribution in [3.8, 4) is 16.9 Å². The lowest BCUT2D eigenvalue weighted by Crippen LogP contribution is -2.62. The second kappa shape index (κ2) is 11.1. The Hall–Kier alpha value is -3.39. The molecule has 0 aliphatic carbocycles. The third kappa shape index (κ3) is 5.87. The third-order valence-electron chi connectivity index (χ3n) is 6.84. The number of esters is 2. The number of carbonyl (C=O) groups is 3. The van der Waals surface area contributed by atoms with Gasteiger partial charge in [0.15, 0.2) is 6.10 Å². The minimum Gasteiger partial charge on any atom is -0.460 e. The number of rotatable bonds is 7. The van der Waals surface area contributed by atoms with Crippen LogP contribution in [0.3, 0.4) is 0 Å². The zero-order valence-corrected chi connectivity index (χ0v) is 21.9. The molecule has 1 aliphatic heterocycles. The third-order valence-corrected chi connectivity index (χ3v) is 6.84. The maximum absolute atomic E-state index is 12.0. The van der Waals surface area contributed by atoms with Gasteiger partial charge in [-0.25, -0.2) is 0 Å². The Morgan fingerprint density at radius 2 is 1.64 bits per heavy atom. The fourth-order valence-corrected chi connectivity index (χ4v) is 4.47. The van der Waals surface area contributed by atoms with Gasteiger partial charge in [-0.1, -0.05) is 32.0 Å². The molecular formula is C28H35NO7. The van der Waals surface area contributed by atoms with Gasteiger partial charge in [0, 0.05) is 32.4 Å². The van der Waals surface area contributed by atoms with E-state index in [1.807, 2.05) is 64.1 Å². The van der Waals surface area contributed by atoms with Crippen molar-refractivity contribution in [2.45, 2.75) is 72.1 Å². The van der Waals surface area contributed by atoms with E-state index in [1.165, 1.54) is 13.8 Å². The van der Waals surface area contributed by atoms with Crippen LogP contribution in [0.4, 0.5) is 0 Å². The summed E-state index contributed by atoms with van der Waals surface area (Å²) in [6, 6.07) is 13.0. The first-order valence-electron chi connectivity index (χ1n) is 12.1. The van der Waals surface area contributed by atoms with Crippen LogP contribution < -0.4 is 10.1 Å². The summed E-state index contributed by atoms with van der Waals surface area (Å²) in [4.78, 5) is 35.9. The van der Waals surface area contributed by atoms with Crippen molar-refractivity contribution in [2.75, 3.05) is 7.05 Å². The van der Waals surface area contributed by atoms with E-state index in [-0.39, 0.29) is 11.8 Å². The molecule has 0 spiro atoms. The Bertz CT molecular complexity index is 1130. The molecule has 0 saturated carbocycles. The predicted octanol–water partition coefficient (Wildman–Crippen LogP) is 4.42. The van der Waals surface area contributed by atoms with Gasteiger partial charge in [-0.3, -0.25) is 14.4 Å². The van der Waals surface area contributed by atoms with Crippen LogP contribution in [-0.4, -0.2) is 49.0 Å². The first-order valence-corrected chi connectivity index (χ1v) is 12.1. The smallest absolute Gasteiger partial charge is 0.303 e. The number of carbonyl (C=O) groups excluding carboxylic acids is 3. The molecule has 1 aliphatic rings. The molecular weight excluding hydrogens is 462 g/mol. The molecule has 8 heteroatoms. The summed E-state index contributed by atoms with van der Waals surface area (Å²) >= 11 is 0. The first-order chi connectivity index (χ1) is 17.0. The molecule has 1 amide bonds. The zero-order valence-electron chi connectivity index (χ0n) is 21.9. The zero-order chi connectivity index (χ0) is 26.6. The van der Waals surface area contributed by atoms with E-state index in [0.717, 1.165) is 16.7 Å². The lowest BCUT2D eigenvalue weighted by molar-refractivity contribution is -0.296. The summed E-state index contributed by atoms with van der Waals surface area (Å²) < 4.78 is 23.8. The van der Waals surface area contributed by atoms with Crippen LogP contribution >= 0.6 is 0 Å². The molecule has 1 fully saturated rings. The van der Waals surface area contributed by atoms with Crippen molar-refractivity contribution in [2.24, 2.45) is 5.92 Å². The number of hydrogen-bond acceptors (Lipinski definition) is 7. The molecule has 2 aromatic carbocycles. The molecule has 3 rings (SSSR count). The highest BCUT2D eigenvalue weighted by Gasteiger charge is 2.54. The fourth-order valence-electron chi connectivity index (χ4n) is 4.47. The number of ether oxygens (including phenoxy) is 4. The Kier molecular flexibility index (Phi) is 8.40. The number of hydrogen-bond donors (Lipinski definition) is 1. The second-order valence-corrected chi connectivity index (χ2v) is 9.35. The number of benzene rings is 2. The quantitative estimate of drug-likeness (QED) is 0.565. The van der Waals surface area contributed by atoms with Crippen LogP contribution in [0, 0.1) is 12.8 Å². The van der Waals surface area contributed by atoms with Crippen molar-refractivity contribution in [3.05, 3.63) is 53.6 Å². The highest BCUT2D eigenvalue weighted by Crippen LogP contribution is 2.41. The van der Waals surface area contributed by atoms with Crippen LogP contribution in [0.5, 0.6) is 5.75 Å². The van der Waals surface area contributed by atoms with Gasteiger partial charge in [-0.2, -0.15) is 0 Å². The van der Waals surface area contributed by atoms with E-state index in [0.29, 0.717) is 17.7 Å². The monoisotopic (exact) mass is 497 g/mol. The summed E-state index contributed by atoms with van der Waals surface area (Å²) in [5.74, 6) is -0.855. The number of aryl methyl sites for hydroxylation is 1. The summed E-state index contributed by atoms with van der Waals surface area (Å²) in [5.41, 5.74) is 2.52. The molecule has 1 heterocycles. The standard InChI is InChI=1S/C28H35NO7/c1-8-28(6)17(3)24(33-18(4)30)25(34-19(5)31)27(36-28)35-23-13-12-21(14-16(23)2)20-10-9-11-22(15-20)26(32)29-7/h9-15,17,24-25,27H,8H2,1-7H3,(H,29,32)/t17-,24-,25-,27-,28+/m0/s1. The summed E-state index contributed by atoms with van der Waals surface area (Å²) in [5, 5.41) is 2.63. The second-order valence-electron chi connectivity index (χ2n) is 9.35. The highest BCUT2D eigenvalue weighted by molar-refractivity contribution is 5.95. The lowest BCUT2D eigenvalue weighted by Gasteiger charge is -2.49. The molecule has 36 heavy (non-hydrogen) atoms. The topological polar surface area (TPSA) is 100 Å². The Balaban J connectivity index is 1.94. The molecule has 0 radical (unpaired) electrons. The maximum atomic E-state index is 12.0. The van der Waals surface area contributed by atoms with Crippen LogP contribution in [0.1, 0.15) is 57.0 Å². The van der Waals surface area contributed by atoms with E-state index >= 15 is 0 Å². The molecule has 0 aromatic heterocycles.